The van der Waals surface area contributed by atoms with Crippen LogP contribution in [0.15, 0.2) is 158 Å². The lowest BCUT2D eigenvalue weighted by molar-refractivity contribution is 0.0600. The number of rotatable bonds is 17. The minimum absolute atomic E-state index is 0.184. The predicted molar refractivity (Wildman–Crippen MR) is 228 cm³/mol. The van der Waals surface area contributed by atoms with E-state index in [4.69, 9.17) is 21.1 Å². The van der Waals surface area contributed by atoms with Crippen molar-refractivity contribution in [2.24, 2.45) is 0 Å². The topological polar surface area (TPSA) is 86.6 Å². The molecule has 1 heterocycles. The van der Waals surface area contributed by atoms with Gasteiger partial charge in [-0.05, 0) is 83.5 Å². The van der Waals surface area contributed by atoms with Crippen LogP contribution in [0, 0.1) is 0 Å². The van der Waals surface area contributed by atoms with E-state index in [0.717, 1.165) is 63.7 Å². The number of para-hydroxylation sites is 1. The molecule has 6 aromatic carbocycles. The number of aromatic nitrogens is 1. The van der Waals surface area contributed by atoms with E-state index in [1.165, 1.54) is 7.11 Å². The lowest BCUT2D eigenvalue weighted by Gasteiger charge is -2.25. The van der Waals surface area contributed by atoms with Crippen LogP contribution >= 0.6 is 11.6 Å². The van der Waals surface area contributed by atoms with Gasteiger partial charge in [-0.2, -0.15) is 0 Å². The number of aryl methyl sites for hydroxylation is 2. The number of carbonyl (C=O) groups is 1. The fourth-order valence-electron chi connectivity index (χ4n) is 7.49. The Kier molecular flexibility index (Phi) is 12.9. The van der Waals surface area contributed by atoms with Crippen molar-refractivity contribution in [2.45, 2.75) is 44.1 Å². The van der Waals surface area contributed by atoms with E-state index >= 15 is 0 Å². The summed E-state index contributed by atoms with van der Waals surface area (Å²) >= 11 is 6.71. The van der Waals surface area contributed by atoms with Gasteiger partial charge in [-0.1, -0.05) is 133 Å². The number of fused-ring (bicyclic) bond motifs is 1. The van der Waals surface area contributed by atoms with Crippen molar-refractivity contribution in [1.29, 1.82) is 0 Å². The van der Waals surface area contributed by atoms with E-state index in [-0.39, 0.29) is 24.3 Å². The molecule has 0 aliphatic heterocycles. The average Bonchev–Trinajstić information content (AvgIpc) is 3.52. The van der Waals surface area contributed by atoms with E-state index in [0.29, 0.717) is 34.9 Å². The van der Waals surface area contributed by atoms with E-state index in [2.05, 4.69) is 63.9 Å². The molecule has 0 spiro atoms. The van der Waals surface area contributed by atoms with Gasteiger partial charge in [-0.25, -0.2) is 17.9 Å². The molecule has 7 aromatic rings. The molecular formula is C48H45ClN2O5S. The molecule has 0 atom stereocenters. The highest BCUT2D eigenvalue weighted by atomic mass is 35.5. The molecule has 1 N–H and O–H groups in total. The summed E-state index contributed by atoms with van der Waals surface area (Å²) < 4.78 is 43.8. The SMILES string of the molecule is COC(=O)c1ccc(CCCc2c(CCNS(=O)(=O)Cc3ccccc3OCc3ccccc3)n(C(c3ccccc3)c3ccccc3)c3ccc(Cl)cc23)cc1. The number of ether oxygens (including phenoxy) is 2. The van der Waals surface area contributed by atoms with Crippen molar-refractivity contribution >= 4 is 38.5 Å². The van der Waals surface area contributed by atoms with Crippen molar-refractivity contribution in [2.75, 3.05) is 13.7 Å². The predicted octanol–water partition coefficient (Wildman–Crippen LogP) is 10.1. The molecule has 7 nitrogen and oxygen atoms in total. The molecule has 9 heteroatoms. The molecule has 1 aromatic heterocycles. The minimum Gasteiger partial charge on any atom is -0.489 e. The first-order valence-corrected chi connectivity index (χ1v) is 21.1. The van der Waals surface area contributed by atoms with Crippen LogP contribution in [-0.2, 0) is 46.4 Å². The Morgan fingerprint density at radius 3 is 2.02 bits per heavy atom. The third-order valence-corrected chi connectivity index (χ3v) is 11.7. The third kappa shape index (κ3) is 9.84. The van der Waals surface area contributed by atoms with Gasteiger partial charge in [0.05, 0.1) is 24.5 Å². The summed E-state index contributed by atoms with van der Waals surface area (Å²) in [7, 11) is -2.38. The van der Waals surface area contributed by atoms with E-state index in [1.807, 2.05) is 84.9 Å². The number of hydrogen-bond donors (Lipinski definition) is 1. The number of carbonyl (C=O) groups excluding carboxylic acids is 1. The first-order valence-electron chi connectivity index (χ1n) is 19.1. The Morgan fingerprint density at radius 1 is 0.719 bits per heavy atom. The zero-order valence-electron chi connectivity index (χ0n) is 31.8. The molecule has 0 amide bonds. The highest BCUT2D eigenvalue weighted by Crippen LogP contribution is 2.38. The first-order chi connectivity index (χ1) is 27.8. The second-order valence-corrected chi connectivity index (χ2v) is 16.3. The van der Waals surface area contributed by atoms with Crippen LogP contribution in [0.4, 0.5) is 0 Å². The Balaban J connectivity index is 1.21. The number of benzene rings is 6. The summed E-state index contributed by atoms with van der Waals surface area (Å²) in [6.07, 6.45) is 2.78. The normalized spacial score (nSPS) is 11.6. The summed E-state index contributed by atoms with van der Waals surface area (Å²) in [4.78, 5) is 12.0. The maximum Gasteiger partial charge on any atom is 0.337 e. The standard InChI is InChI=1S/C48H45ClN2O5S/c1-55-48(52)39-26-24-35(25-27-39)16-13-22-42-43-32-41(49)28-29-44(43)51(47(37-17-7-3-8-18-37)38-19-9-4-10-20-38)45(42)30-31-50-57(53,54)34-40-21-11-12-23-46(40)56-33-36-14-5-2-6-15-36/h2-12,14-15,17-21,23-29,32,47,50H,13,16,22,30-31,33-34H2,1H3. The first kappa shape index (κ1) is 39.6. The average molecular weight is 797 g/mol. The molecule has 7 rings (SSSR count). The van der Waals surface area contributed by atoms with Crippen molar-refractivity contribution in [1.82, 2.24) is 9.29 Å². The molecule has 0 saturated carbocycles. The Bertz CT molecular complexity index is 2480. The van der Waals surface area contributed by atoms with Crippen LogP contribution in [0.5, 0.6) is 5.75 Å². The zero-order valence-corrected chi connectivity index (χ0v) is 33.4. The lowest BCUT2D eigenvalue weighted by atomic mass is 9.97. The van der Waals surface area contributed by atoms with Gasteiger partial charge in [-0.15, -0.1) is 0 Å². The summed E-state index contributed by atoms with van der Waals surface area (Å²) in [5, 5.41) is 1.68. The maximum absolute atomic E-state index is 13.8. The van der Waals surface area contributed by atoms with Crippen LogP contribution in [0.2, 0.25) is 5.02 Å². The van der Waals surface area contributed by atoms with Crippen LogP contribution in [0.25, 0.3) is 10.9 Å². The molecule has 0 aliphatic rings. The van der Waals surface area contributed by atoms with Crippen molar-refractivity contribution in [3.8, 4) is 5.75 Å². The second-order valence-electron chi connectivity index (χ2n) is 14.0. The third-order valence-electron chi connectivity index (χ3n) is 10.2. The van der Waals surface area contributed by atoms with Gasteiger partial charge in [0, 0.05) is 40.1 Å². The van der Waals surface area contributed by atoms with Crippen LogP contribution in [0.3, 0.4) is 0 Å². The number of nitrogens with one attached hydrogen (secondary N) is 1. The maximum atomic E-state index is 13.8. The number of methoxy groups -OCH3 is 1. The van der Waals surface area contributed by atoms with E-state index in [9.17, 15) is 13.2 Å². The van der Waals surface area contributed by atoms with Gasteiger partial charge in [0.25, 0.3) is 0 Å². The summed E-state index contributed by atoms with van der Waals surface area (Å²) in [5.74, 6) is -0.0347. The van der Waals surface area contributed by atoms with Gasteiger partial charge in [0.2, 0.25) is 10.0 Å². The number of nitrogens with zero attached hydrogens (tertiary/aromatic N) is 1. The molecule has 0 saturated heterocycles. The van der Waals surface area contributed by atoms with Crippen molar-refractivity contribution in [3.05, 3.63) is 207 Å². The Labute approximate surface area is 339 Å². The molecule has 0 unspecified atom stereocenters. The second kappa shape index (κ2) is 18.5. The fourth-order valence-corrected chi connectivity index (χ4v) is 8.82. The fraction of sp³-hybridized carbons (Fsp3) is 0.188. The van der Waals surface area contributed by atoms with Crippen molar-refractivity contribution in [3.63, 3.8) is 0 Å². The van der Waals surface area contributed by atoms with Crippen molar-refractivity contribution < 1.29 is 22.7 Å². The highest BCUT2D eigenvalue weighted by molar-refractivity contribution is 7.88. The van der Waals surface area contributed by atoms with Gasteiger partial charge in [0.15, 0.2) is 0 Å². The highest BCUT2D eigenvalue weighted by Gasteiger charge is 2.26. The molecule has 0 radical (unpaired) electrons. The van der Waals surface area contributed by atoms with Gasteiger partial charge < -0.3 is 14.0 Å². The van der Waals surface area contributed by atoms with E-state index < -0.39 is 10.0 Å². The quantitative estimate of drug-likeness (QED) is 0.0928. The van der Waals surface area contributed by atoms with Crippen LogP contribution in [0.1, 0.15) is 61.9 Å². The minimum atomic E-state index is -3.76. The number of hydrogen-bond acceptors (Lipinski definition) is 5. The molecule has 290 valence electrons. The monoisotopic (exact) mass is 796 g/mol. The van der Waals surface area contributed by atoms with Gasteiger partial charge in [-0.3, -0.25) is 0 Å². The summed E-state index contributed by atoms with van der Waals surface area (Å²) in [6.45, 7) is 0.531. The van der Waals surface area contributed by atoms with Gasteiger partial charge in [0.1, 0.15) is 12.4 Å². The Morgan fingerprint density at radius 2 is 1.35 bits per heavy atom. The molecule has 57 heavy (non-hydrogen) atoms. The summed E-state index contributed by atoms with van der Waals surface area (Å²) in [5.41, 5.74) is 8.65. The van der Waals surface area contributed by atoms with Crippen LogP contribution < -0.4 is 9.46 Å². The molecule has 0 fully saturated rings. The van der Waals surface area contributed by atoms with Crippen LogP contribution in [-0.4, -0.2) is 32.6 Å². The zero-order chi connectivity index (χ0) is 39.6. The number of esters is 1. The summed E-state index contributed by atoms with van der Waals surface area (Å²) in [6, 6.07) is 51.3. The number of sulfonamides is 1. The van der Waals surface area contributed by atoms with Gasteiger partial charge >= 0.3 is 5.97 Å². The van der Waals surface area contributed by atoms with E-state index in [1.54, 1.807) is 18.2 Å². The largest absolute Gasteiger partial charge is 0.489 e. The molecule has 0 aliphatic carbocycles. The molecular weight excluding hydrogens is 752 g/mol. The number of halogens is 1. The smallest absolute Gasteiger partial charge is 0.337 e. The molecule has 0 bridgehead atoms. The Hall–Kier alpha value is -5.67. The lowest BCUT2D eigenvalue weighted by Crippen LogP contribution is -2.28.